The molecule has 3 aromatic rings. The van der Waals surface area contributed by atoms with Crippen LogP contribution in [0.1, 0.15) is 5.56 Å². The highest BCUT2D eigenvalue weighted by Crippen LogP contribution is 2.36. The zero-order valence-electron chi connectivity index (χ0n) is 16.4. The van der Waals surface area contributed by atoms with Crippen LogP contribution in [-0.4, -0.2) is 24.0 Å². The predicted molar refractivity (Wildman–Crippen MR) is 123 cm³/mol. The molecule has 1 saturated heterocycles. The summed E-state index contributed by atoms with van der Waals surface area (Å²) in [4.78, 5) is 15.2. The molecule has 1 aliphatic heterocycles. The number of halogens is 4. The zero-order chi connectivity index (χ0) is 22.0. The zero-order valence-corrected chi connectivity index (χ0v) is 18.6. The number of nitrogens with zero attached hydrogens (tertiary/aromatic N) is 2. The van der Waals surface area contributed by atoms with Gasteiger partial charge in [-0.2, -0.15) is 0 Å². The molecule has 1 unspecified atom stereocenters. The minimum Gasteiger partial charge on any atom is -0.279 e. The first-order valence-electron chi connectivity index (χ1n) is 9.68. The van der Waals surface area contributed by atoms with E-state index in [0.717, 1.165) is 5.56 Å². The molecule has 160 valence electrons. The summed E-state index contributed by atoms with van der Waals surface area (Å²) < 4.78 is 13.2. The highest BCUT2D eigenvalue weighted by atomic mass is 35.5. The van der Waals surface area contributed by atoms with Gasteiger partial charge in [-0.1, -0.05) is 46.9 Å². The van der Waals surface area contributed by atoms with E-state index in [1.165, 1.54) is 12.1 Å². The Morgan fingerprint density at radius 1 is 1.00 bits per heavy atom. The summed E-state index contributed by atoms with van der Waals surface area (Å²) >= 11 is 18.5. The maximum Gasteiger partial charge on any atom is 0.237 e. The number of rotatable bonds is 5. The lowest BCUT2D eigenvalue weighted by Crippen LogP contribution is -2.35. The van der Waals surface area contributed by atoms with Gasteiger partial charge in [0, 0.05) is 35.4 Å². The normalized spacial score (nSPS) is 16.5. The standard InChI is InChI=1S/C23H19Cl3FN3O/c24-17-3-8-20(9-4-17)30(22-10-5-18(25)11-21(22)26)23(31)16-12-28-29(14-16)13-15-1-6-19(27)7-2-15/h1-11,16,28H,12-14H2. The summed E-state index contributed by atoms with van der Waals surface area (Å²) in [7, 11) is 0. The number of benzene rings is 3. The lowest BCUT2D eigenvalue weighted by atomic mass is 10.1. The molecule has 0 radical (unpaired) electrons. The third-order valence-electron chi connectivity index (χ3n) is 5.09. The summed E-state index contributed by atoms with van der Waals surface area (Å²) in [6.07, 6.45) is 0. The van der Waals surface area contributed by atoms with E-state index in [4.69, 9.17) is 34.8 Å². The van der Waals surface area contributed by atoms with Crippen molar-refractivity contribution in [2.45, 2.75) is 6.54 Å². The number of hydrogen-bond donors (Lipinski definition) is 1. The number of hydrogen-bond acceptors (Lipinski definition) is 3. The van der Waals surface area contributed by atoms with Gasteiger partial charge in [-0.25, -0.2) is 9.40 Å². The quantitative estimate of drug-likeness (QED) is 0.482. The lowest BCUT2D eigenvalue weighted by Gasteiger charge is -2.27. The Labute approximate surface area is 195 Å². The molecule has 31 heavy (non-hydrogen) atoms. The molecule has 3 aromatic carbocycles. The SMILES string of the molecule is O=C(C1CNN(Cc2ccc(F)cc2)C1)N(c1ccc(Cl)cc1)c1ccc(Cl)cc1Cl. The smallest absolute Gasteiger partial charge is 0.237 e. The van der Waals surface area contributed by atoms with Gasteiger partial charge in [0.2, 0.25) is 5.91 Å². The van der Waals surface area contributed by atoms with Gasteiger partial charge in [-0.15, -0.1) is 0 Å². The molecule has 1 aliphatic rings. The Morgan fingerprint density at radius 3 is 2.35 bits per heavy atom. The highest BCUT2D eigenvalue weighted by Gasteiger charge is 2.33. The molecule has 1 heterocycles. The fourth-order valence-electron chi connectivity index (χ4n) is 3.55. The number of anilines is 2. The molecule has 1 atom stereocenters. The van der Waals surface area contributed by atoms with Gasteiger partial charge in [-0.05, 0) is 60.2 Å². The van der Waals surface area contributed by atoms with E-state index in [9.17, 15) is 9.18 Å². The van der Waals surface area contributed by atoms with Crippen LogP contribution in [0, 0.1) is 11.7 Å². The molecule has 0 saturated carbocycles. The van der Waals surface area contributed by atoms with Crippen LogP contribution in [0.4, 0.5) is 15.8 Å². The minimum absolute atomic E-state index is 0.0966. The van der Waals surface area contributed by atoms with Gasteiger partial charge in [0.25, 0.3) is 0 Å². The van der Waals surface area contributed by atoms with Gasteiger partial charge in [0.1, 0.15) is 5.82 Å². The first-order valence-corrected chi connectivity index (χ1v) is 10.8. The van der Waals surface area contributed by atoms with Gasteiger partial charge in [0.05, 0.1) is 16.6 Å². The van der Waals surface area contributed by atoms with Crippen molar-refractivity contribution in [2.24, 2.45) is 5.92 Å². The van der Waals surface area contributed by atoms with Crippen LogP contribution in [0.5, 0.6) is 0 Å². The maximum absolute atomic E-state index is 13.6. The second kappa shape index (κ2) is 9.55. The highest BCUT2D eigenvalue weighted by molar-refractivity contribution is 6.37. The average molecular weight is 479 g/mol. The lowest BCUT2D eigenvalue weighted by molar-refractivity contribution is -0.121. The van der Waals surface area contributed by atoms with E-state index < -0.39 is 0 Å². The van der Waals surface area contributed by atoms with E-state index in [2.05, 4.69) is 5.43 Å². The van der Waals surface area contributed by atoms with E-state index in [1.807, 2.05) is 5.01 Å². The summed E-state index contributed by atoms with van der Waals surface area (Å²) in [5, 5.41) is 3.40. The second-order valence-corrected chi connectivity index (χ2v) is 8.59. The van der Waals surface area contributed by atoms with Crippen LogP contribution in [0.2, 0.25) is 15.1 Å². The summed E-state index contributed by atoms with van der Waals surface area (Å²) in [6.45, 7) is 1.55. The molecule has 1 amide bonds. The molecule has 4 rings (SSSR count). The van der Waals surface area contributed by atoms with Crippen molar-refractivity contribution >= 4 is 52.1 Å². The van der Waals surface area contributed by atoms with E-state index in [-0.39, 0.29) is 17.6 Å². The molecular weight excluding hydrogens is 460 g/mol. The topological polar surface area (TPSA) is 35.6 Å². The fraction of sp³-hybridized carbons (Fsp3) is 0.174. The second-order valence-electron chi connectivity index (χ2n) is 7.31. The van der Waals surface area contributed by atoms with Crippen molar-refractivity contribution < 1.29 is 9.18 Å². The molecule has 8 heteroatoms. The Morgan fingerprint density at radius 2 is 1.68 bits per heavy atom. The Kier molecular flexibility index (Phi) is 6.80. The minimum atomic E-state index is -0.303. The fourth-order valence-corrected chi connectivity index (χ4v) is 4.17. The van der Waals surface area contributed by atoms with Crippen LogP contribution >= 0.6 is 34.8 Å². The van der Waals surface area contributed by atoms with Crippen LogP contribution in [-0.2, 0) is 11.3 Å². The monoisotopic (exact) mass is 477 g/mol. The largest absolute Gasteiger partial charge is 0.279 e. The maximum atomic E-state index is 13.6. The molecule has 1 fully saturated rings. The predicted octanol–water partition coefficient (Wildman–Crippen LogP) is 6.09. The van der Waals surface area contributed by atoms with Crippen molar-refractivity contribution in [1.82, 2.24) is 10.4 Å². The Balaban J connectivity index is 1.57. The molecule has 1 N–H and O–H groups in total. The first kappa shape index (κ1) is 22.1. The Bertz CT molecular complexity index is 1080. The van der Waals surface area contributed by atoms with Crippen molar-refractivity contribution in [3.63, 3.8) is 0 Å². The van der Waals surface area contributed by atoms with E-state index >= 15 is 0 Å². The van der Waals surface area contributed by atoms with Crippen LogP contribution in [0.25, 0.3) is 0 Å². The number of hydrazine groups is 1. The number of carbonyl (C=O) groups excluding carboxylic acids is 1. The van der Waals surface area contributed by atoms with Crippen LogP contribution in [0.15, 0.2) is 66.7 Å². The molecular formula is C23H19Cl3FN3O. The first-order chi connectivity index (χ1) is 14.9. The summed E-state index contributed by atoms with van der Waals surface area (Å²) in [5.41, 5.74) is 5.43. The number of nitrogens with one attached hydrogen (secondary N) is 1. The molecule has 0 aromatic heterocycles. The van der Waals surface area contributed by atoms with Crippen molar-refractivity contribution in [2.75, 3.05) is 18.0 Å². The van der Waals surface area contributed by atoms with E-state index in [1.54, 1.807) is 59.5 Å². The van der Waals surface area contributed by atoms with Crippen LogP contribution in [0.3, 0.4) is 0 Å². The van der Waals surface area contributed by atoms with Crippen molar-refractivity contribution in [3.8, 4) is 0 Å². The summed E-state index contributed by atoms with van der Waals surface area (Å²) in [6, 6.07) is 18.4. The molecule has 0 bridgehead atoms. The molecule has 0 aliphatic carbocycles. The van der Waals surface area contributed by atoms with E-state index in [0.29, 0.717) is 46.1 Å². The third kappa shape index (κ3) is 5.20. The molecule has 0 spiro atoms. The van der Waals surface area contributed by atoms with Gasteiger partial charge < -0.3 is 0 Å². The number of amides is 1. The van der Waals surface area contributed by atoms with Crippen molar-refractivity contribution in [3.05, 3.63) is 93.2 Å². The average Bonchev–Trinajstić information content (AvgIpc) is 3.21. The Hall–Kier alpha value is -2.15. The van der Waals surface area contributed by atoms with Gasteiger partial charge >= 0.3 is 0 Å². The number of carbonyl (C=O) groups is 1. The molecule has 4 nitrogen and oxygen atoms in total. The van der Waals surface area contributed by atoms with Gasteiger partial charge in [-0.3, -0.25) is 15.1 Å². The third-order valence-corrected chi connectivity index (χ3v) is 5.88. The van der Waals surface area contributed by atoms with Crippen LogP contribution < -0.4 is 10.3 Å². The van der Waals surface area contributed by atoms with Crippen molar-refractivity contribution in [1.29, 1.82) is 0 Å². The summed E-state index contributed by atoms with van der Waals surface area (Å²) in [5.74, 6) is -0.673. The van der Waals surface area contributed by atoms with Gasteiger partial charge in [0.15, 0.2) is 0 Å².